The number of ether oxygens (including phenoxy) is 2. The Morgan fingerprint density at radius 2 is 1.77 bits per heavy atom. The Labute approximate surface area is 190 Å². The van der Waals surface area contributed by atoms with Crippen LogP contribution in [-0.4, -0.2) is 30.9 Å². The van der Waals surface area contributed by atoms with Gasteiger partial charge in [0.05, 0.1) is 29.7 Å². The zero-order valence-corrected chi connectivity index (χ0v) is 19.2. The Bertz CT molecular complexity index is 1070. The van der Waals surface area contributed by atoms with Crippen molar-refractivity contribution in [2.24, 2.45) is 10.9 Å². The molecule has 2 heterocycles. The van der Waals surface area contributed by atoms with Gasteiger partial charge in [0, 0.05) is 22.0 Å². The first-order valence-electron chi connectivity index (χ1n) is 9.93. The van der Waals surface area contributed by atoms with Crippen molar-refractivity contribution in [2.45, 2.75) is 33.6 Å². The summed E-state index contributed by atoms with van der Waals surface area (Å²) in [5, 5.41) is 0.969. The standard InChI is InChI=1S/C23H23Cl2NO5/c1-5-29-22(27)19-12(3)26-13(4)20(23(28)30-6-2)21(19)18-10-9-17(31-18)15-11-14(24)7-8-16(15)25/h7-11,19,21H,5-6H2,1-4H3/t19?,21-/m0/s1. The lowest BCUT2D eigenvalue weighted by Crippen LogP contribution is -2.36. The second-order valence-electron chi connectivity index (χ2n) is 7.01. The molecule has 1 aliphatic rings. The molecule has 1 aromatic carbocycles. The van der Waals surface area contributed by atoms with Gasteiger partial charge >= 0.3 is 11.9 Å². The van der Waals surface area contributed by atoms with Gasteiger partial charge in [0.25, 0.3) is 0 Å². The minimum absolute atomic E-state index is 0.191. The predicted molar refractivity (Wildman–Crippen MR) is 119 cm³/mol. The van der Waals surface area contributed by atoms with Gasteiger partial charge in [0.2, 0.25) is 0 Å². The molecule has 0 bridgehead atoms. The number of esters is 2. The minimum atomic E-state index is -0.822. The number of furan rings is 1. The number of carbonyl (C=O) groups is 2. The zero-order valence-electron chi connectivity index (χ0n) is 17.7. The van der Waals surface area contributed by atoms with Crippen molar-refractivity contribution < 1.29 is 23.5 Å². The average molecular weight is 464 g/mol. The molecule has 6 nitrogen and oxygen atoms in total. The molecule has 0 spiro atoms. The van der Waals surface area contributed by atoms with Gasteiger partial charge in [-0.3, -0.25) is 9.79 Å². The minimum Gasteiger partial charge on any atom is -0.465 e. The molecule has 0 amide bonds. The van der Waals surface area contributed by atoms with Crippen molar-refractivity contribution in [1.29, 1.82) is 0 Å². The highest BCUT2D eigenvalue weighted by Crippen LogP contribution is 2.42. The van der Waals surface area contributed by atoms with Gasteiger partial charge in [-0.2, -0.15) is 0 Å². The predicted octanol–water partition coefficient (Wildman–Crippen LogP) is 5.83. The molecule has 8 heteroatoms. The lowest BCUT2D eigenvalue weighted by molar-refractivity contribution is -0.146. The molecular formula is C23H23Cl2NO5. The van der Waals surface area contributed by atoms with E-state index in [1.165, 1.54) is 0 Å². The molecule has 31 heavy (non-hydrogen) atoms. The van der Waals surface area contributed by atoms with E-state index in [2.05, 4.69) is 4.99 Å². The molecule has 1 aliphatic heterocycles. The number of allylic oxidation sites excluding steroid dienone is 1. The lowest BCUT2D eigenvalue weighted by Gasteiger charge is -2.29. The van der Waals surface area contributed by atoms with Crippen LogP contribution in [0.15, 0.2) is 51.0 Å². The fraction of sp³-hybridized carbons (Fsp3) is 0.348. The SMILES string of the molecule is CCOC(=O)C1=C(C)N=C(C)C(C(=O)OCC)[C@@H]1c1ccc(-c2cc(Cl)ccc2Cl)o1. The van der Waals surface area contributed by atoms with E-state index in [1.807, 2.05) is 0 Å². The number of nitrogens with zero attached hydrogens (tertiary/aromatic N) is 1. The first-order chi connectivity index (χ1) is 14.8. The van der Waals surface area contributed by atoms with Crippen LogP contribution in [0.5, 0.6) is 0 Å². The van der Waals surface area contributed by atoms with Crippen LogP contribution in [0.3, 0.4) is 0 Å². The summed E-state index contributed by atoms with van der Waals surface area (Å²) in [6.45, 7) is 7.28. The monoisotopic (exact) mass is 463 g/mol. The Kier molecular flexibility index (Phi) is 7.23. The van der Waals surface area contributed by atoms with Crippen LogP contribution in [0.1, 0.15) is 39.4 Å². The van der Waals surface area contributed by atoms with Crippen LogP contribution in [0.25, 0.3) is 11.3 Å². The van der Waals surface area contributed by atoms with Gasteiger partial charge in [-0.15, -0.1) is 0 Å². The molecule has 1 unspecified atom stereocenters. The molecule has 3 rings (SSSR count). The molecule has 2 atom stereocenters. The van der Waals surface area contributed by atoms with Gasteiger partial charge in [-0.25, -0.2) is 4.79 Å². The van der Waals surface area contributed by atoms with Crippen LogP contribution in [0.2, 0.25) is 10.0 Å². The maximum absolute atomic E-state index is 12.8. The van der Waals surface area contributed by atoms with Crippen molar-refractivity contribution in [1.82, 2.24) is 0 Å². The maximum Gasteiger partial charge on any atom is 0.336 e. The highest BCUT2D eigenvalue weighted by atomic mass is 35.5. The van der Waals surface area contributed by atoms with Crippen LogP contribution < -0.4 is 0 Å². The Morgan fingerprint density at radius 1 is 1.06 bits per heavy atom. The van der Waals surface area contributed by atoms with Crippen molar-refractivity contribution in [3.63, 3.8) is 0 Å². The Morgan fingerprint density at radius 3 is 2.45 bits per heavy atom. The number of aliphatic imine (C=N–C) groups is 1. The van der Waals surface area contributed by atoms with Gasteiger partial charge in [-0.05, 0) is 58.0 Å². The topological polar surface area (TPSA) is 78.1 Å². The van der Waals surface area contributed by atoms with Crippen LogP contribution in [0.4, 0.5) is 0 Å². The first kappa shape index (κ1) is 23.1. The van der Waals surface area contributed by atoms with E-state index < -0.39 is 23.8 Å². The molecule has 0 saturated heterocycles. The fourth-order valence-electron chi connectivity index (χ4n) is 3.71. The second-order valence-corrected chi connectivity index (χ2v) is 7.85. The second kappa shape index (κ2) is 9.71. The van der Waals surface area contributed by atoms with Gasteiger partial charge in [0.15, 0.2) is 0 Å². The van der Waals surface area contributed by atoms with E-state index in [-0.39, 0.29) is 18.8 Å². The highest BCUT2D eigenvalue weighted by Gasteiger charge is 2.44. The molecule has 0 aliphatic carbocycles. The molecule has 0 radical (unpaired) electrons. The third kappa shape index (κ3) is 4.70. The van der Waals surface area contributed by atoms with Crippen LogP contribution >= 0.6 is 23.2 Å². The van der Waals surface area contributed by atoms with Crippen molar-refractivity contribution in [2.75, 3.05) is 13.2 Å². The largest absolute Gasteiger partial charge is 0.465 e. The molecular weight excluding hydrogens is 441 g/mol. The summed E-state index contributed by atoms with van der Waals surface area (Å²) in [7, 11) is 0. The van der Waals surface area contributed by atoms with E-state index >= 15 is 0 Å². The van der Waals surface area contributed by atoms with Crippen molar-refractivity contribution in [3.05, 3.63) is 57.4 Å². The van der Waals surface area contributed by atoms with E-state index in [1.54, 1.807) is 58.0 Å². The van der Waals surface area contributed by atoms with Gasteiger partial charge in [0.1, 0.15) is 17.4 Å². The van der Waals surface area contributed by atoms with Gasteiger partial charge < -0.3 is 13.9 Å². The molecule has 164 valence electrons. The van der Waals surface area contributed by atoms with E-state index in [0.29, 0.717) is 38.5 Å². The summed E-state index contributed by atoms with van der Waals surface area (Å²) in [4.78, 5) is 30.1. The van der Waals surface area contributed by atoms with Crippen molar-refractivity contribution >= 4 is 40.9 Å². The fourth-order valence-corrected chi connectivity index (χ4v) is 4.09. The average Bonchev–Trinajstić information content (AvgIpc) is 3.19. The van der Waals surface area contributed by atoms with Crippen LogP contribution in [-0.2, 0) is 19.1 Å². The summed E-state index contributed by atoms with van der Waals surface area (Å²) in [6, 6.07) is 8.49. The molecule has 1 aromatic heterocycles. The summed E-state index contributed by atoms with van der Waals surface area (Å²) in [5.74, 6) is -1.73. The lowest BCUT2D eigenvalue weighted by atomic mass is 9.78. The zero-order chi connectivity index (χ0) is 22.7. The number of carbonyl (C=O) groups excluding carboxylic acids is 2. The smallest absolute Gasteiger partial charge is 0.336 e. The first-order valence-corrected chi connectivity index (χ1v) is 10.7. The Hall–Kier alpha value is -2.57. The number of benzene rings is 1. The normalized spacial score (nSPS) is 18.6. The third-order valence-electron chi connectivity index (χ3n) is 4.99. The maximum atomic E-state index is 12.8. The van der Waals surface area contributed by atoms with Crippen molar-refractivity contribution in [3.8, 4) is 11.3 Å². The van der Waals surface area contributed by atoms with Crippen LogP contribution in [0, 0.1) is 5.92 Å². The summed E-state index contributed by atoms with van der Waals surface area (Å²) in [5.41, 5.74) is 1.88. The molecule has 0 saturated carbocycles. The van der Waals surface area contributed by atoms with E-state index in [9.17, 15) is 9.59 Å². The van der Waals surface area contributed by atoms with E-state index in [4.69, 9.17) is 37.1 Å². The van der Waals surface area contributed by atoms with Gasteiger partial charge in [-0.1, -0.05) is 23.2 Å². The van der Waals surface area contributed by atoms with E-state index in [0.717, 1.165) is 0 Å². The highest BCUT2D eigenvalue weighted by molar-refractivity contribution is 6.35. The summed E-state index contributed by atoms with van der Waals surface area (Å²) in [6.07, 6.45) is 0. The molecule has 0 N–H and O–H groups in total. The Balaban J connectivity index is 2.14. The number of hydrogen-bond acceptors (Lipinski definition) is 6. The number of rotatable bonds is 6. The summed E-state index contributed by atoms with van der Waals surface area (Å²) >= 11 is 12.4. The third-order valence-corrected chi connectivity index (χ3v) is 5.56. The number of halogens is 2. The molecule has 2 aromatic rings. The summed E-state index contributed by atoms with van der Waals surface area (Å²) < 4.78 is 16.6. The molecule has 0 fully saturated rings. The number of hydrogen-bond donors (Lipinski definition) is 0. The quantitative estimate of drug-likeness (QED) is 0.503.